The first kappa shape index (κ1) is 16.7. The summed E-state index contributed by atoms with van der Waals surface area (Å²) >= 11 is 5.09. The summed E-state index contributed by atoms with van der Waals surface area (Å²) < 4.78 is 0. The fourth-order valence-electron chi connectivity index (χ4n) is 3.67. The highest BCUT2D eigenvalue weighted by atomic mass is 32.1. The van der Waals surface area contributed by atoms with Gasteiger partial charge in [0.15, 0.2) is 0 Å². The van der Waals surface area contributed by atoms with Crippen molar-refractivity contribution in [3.63, 3.8) is 0 Å². The molecular weight excluding hydrogens is 282 g/mol. The number of nitrogens with two attached hydrogens (primary N) is 1. The lowest BCUT2D eigenvalue weighted by atomic mass is 9.92. The van der Waals surface area contributed by atoms with Gasteiger partial charge in [0.25, 0.3) is 0 Å². The first-order valence-corrected chi connectivity index (χ1v) is 8.73. The summed E-state index contributed by atoms with van der Waals surface area (Å²) in [6, 6.07) is 0.664. The third-order valence-electron chi connectivity index (χ3n) is 4.92. The molecule has 5 heteroatoms. The van der Waals surface area contributed by atoms with Crippen LogP contribution in [-0.2, 0) is 4.79 Å². The fraction of sp³-hybridized carbons (Fsp3) is 0.875. The van der Waals surface area contributed by atoms with Crippen LogP contribution in [0.1, 0.15) is 46.0 Å². The van der Waals surface area contributed by atoms with E-state index >= 15 is 0 Å². The number of nitrogens with zero attached hydrogens (tertiary/aromatic N) is 2. The Morgan fingerprint density at radius 3 is 2.14 bits per heavy atom. The molecule has 1 unspecified atom stereocenters. The lowest BCUT2D eigenvalue weighted by molar-refractivity contribution is -0.136. The lowest BCUT2D eigenvalue weighted by Crippen LogP contribution is -2.51. The Morgan fingerprint density at radius 1 is 1.10 bits per heavy atom. The van der Waals surface area contributed by atoms with Crippen molar-refractivity contribution >= 4 is 23.1 Å². The van der Waals surface area contributed by atoms with Gasteiger partial charge >= 0.3 is 0 Å². The molecule has 1 amide bonds. The van der Waals surface area contributed by atoms with E-state index in [1.807, 2.05) is 18.7 Å². The summed E-state index contributed by atoms with van der Waals surface area (Å²) in [5, 5.41) is 0. The van der Waals surface area contributed by atoms with Crippen molar-refractivity contribution in [1.82, 2.24) is 9.80 Å². The molecule has 0 aliphatic carbocycles. The second kappa shape index (κ2) is 7.54. The van der Waals surface area contributed by atoms with Gasteiger partial charge in [-0.2, -0.15) is 0 Å². The SMILES string of the molecule is CC(C)C(C(=O)N1CCC(N2CCCCC2)CC1)C(N)=S. The Morgan fingerprint density at radius 2 is 1.67 bits per heavy atom. The van der Waals surface area contributed by atoms with Crippen molar-refractivity contribution in [2.45, 2.75) is 52.0 Å². The van der Waals surface area contributed by atoms with Crippen LogP contribution >= 0.6 is 12.2 Å². The predicted molar refractivity (Wildman–Crippen MR) is 90.1 cm³/mol. The monoisotopic (exact) mass is 311 g/mol. The van der Waals surface area contributed by atoms with Crippen LogP contribution in [0.25, 0.3) is 0 Å². The smallest absolute Gasteiger partial charge is 0.232 e. The van der Waals surface area contributed by atoms with Crippen molar-refractivity contribution in [2.24, 2.45) is 17.6 Å². The molecule has 2 aliphatic rings. The van der Waals surface area contributed by atoms with E-state index < -0.39 is 0 Å². The molecule has 0 aromatic heterocycles. The Labute approximate surface area is 134 Å². The molecule has 0 aromatic rings. The minimum atomic E-state index is -0.300. The van der Waals surface area contributed by atoms with Crippen molar-refractivity contribution in [1.29, 1.82) is 0 Å². The topological polar surface area (TPSA) is 49.6 Å². The number of hydrogen-bond donors (Lipinski definition) is 1. The van der Waals surface area contributed by atoms with Crippen molar-refractivity contribution in [3.05, 3.63) is 0 Å². The average Bonchev–Trinajstić information content (AvgIpc) is 2.47. The summed E-state index contributed by atoms with van der Waals surface area (Å²) in [6.07, 6.45) is 6.21. The van der Waals surface area contributed by atoms with Crippen LogP contribution in [-0.4, -0.2) is 52.9 Å². The average molecular weight is 311 g/mol. The Hall–Kier alpha value is -0.680. The van der Waals surface area contributed by atoms with Gasteiger partial charge in [0, 0.05) is 19.1 Å². The number of piperidine rings is 2. The number of thiocarbonyl (C=S) groups is 1. The van der Waals surface area contributed by atoms with Gasteiger partial charge in [-0.1, -0.05) is 32.5 Å². The number of likely N-dealkylation sites (tertiary alicyclic amines) is 2. The molecule has 0 saturated carbocycles. The molecule has 2 N–H and O–H groups in total. The molecule has 120 valence electrons. The standard InChI is InChI=1S/C16H29N3OS/c1-12(2)14(15(17)21)16(20)19-10-6-13(7-11-19)18-8-4-3-5-9-18/h12-14H,3-11H2,1-2H3,(H2,17,21). The highest BCUT2D eigenvalue weighted by Gasteiger charge is 2.33. The summed E-state index contributed by atoms with van der Waals surface area (Å²) in [6.45, 7) is 8.21. The minimum absolute atomic E-state index is 0.134. The number of rotatable bonds is 4. The zero-order valence-electron chi connectivity index (χ0n) is 13.4. The maximum absolute atomic E-state index is 12.6. The lowest BCUT2D eigenvalue weighted by Gasteiger charge is -2.41. The van der Waals surface area contributed by atoms with E-state index in [-0.39, 0.29) is 17.7 Å². The molecule has 2 rings (SSSR count). The summed E-state index contributed by atoms with van der Waals surface area (Å²) in [4.78, 5) is 17.6. The van der Waals surface area contributed by atoms with E-state index in [0.717, 1.165) is 25.9 Å². The number of amides is 1. The van der Waals surface area contributed by atoms with Gasteiger partial charge in [-0.3, -0.25) is 4.79 Å². The summed E-state index contributed by atoms with van der Waals surface area (Å²) in [5.41, 5.74) is 5.77. The van der Waals surface area contributed by atoms with Gasteiger partial charge in [0.1, 0.15) is 0 Å². The van der Waals surface area contributed by atoms with E-state index in [1.165, 1.54) is 32.4 Å². The molecule has 0 spiro atoms. The molecule has 2 fully saturated rings. The van der Waals surface area contributed by atoms with Crippen LogP contribution in [0.15, 0.2) is 0 Å². The second-order valence-electron chi connectivity index (χ2n) is 6.78. The van der Waals surface area contributed by atoms with Gasteiger partial charge < -0.3 is 15.5 Å². The molecule has 0 radical (unpaired) electrons. The maximum Gasteiger partial charge on any atom is 0.232 e. The molecule has 1 atom stereocenters. The summed E-state index contributed by atoms with van der Waals surface area (Å²) in [5.74, 6) is 0.0101. The van der Waals surface area contributed by atoms with Gasteiger partial charge in [-0.15, -0.1) is 0 Å². The van der Waals surface area contributed by atoms with Gasteiger partial charge in [0.2, 0.25) is 5.91 Å². The number of carbonyl (C=O) groups excluding carboxylic acids is 1. The van der Waals surface area contributed by atoms with Crippen LogP contribution in [0.3, 0.4) is 0 Å². The predicted octanol–water partition coefficient (Wildman–Crippen LogP) is 2.02. The van der Waals surface area contributed by atoms with Crippen LogP contribution < -0.4 is 5.73 Å². The molecule has 2 heterocycles. The van der Waals surface area contributed by atoms with Crippen LogP contribution in [0.4, 0.5) is 0 Å². The third kappa shape index (κ3) is 4.16. The Balaban J connectivity index is 1.87. The molecular formula is C16H29N3OS. The normalized spacial score (nSPS) is 23.3. The molecule has 2 aliphatic heterocycles. The van der Waals surface area contributed by atoms with Crippen LogP contribution in [0, 0.1) is 11.8 Å². The van der Waals surface area contributed by atoms with E-state index in [0.29, 0.717) is 11.0 Å². The van der Waals surface area contributed by atoms with Gasteiger partial charge in [-0.25, -0.2) is 0 Å². The first-order chi connectivity index (χ1) is 10.0. The van der Waals surface area contributed by atoms with E-state index in [2.05, 4.69) is 4.90 Å². The largest absolute Gasteiger partial charge is 0.393 e. The first-order valence-electron chi connectivity index (χ1n) is 8.33. The molecule has 2 saturated heterocycles. The zero-order valence-corrected chi connectivity index (χ0v) is 14.2. The maximum atomic E-state index is 12.6. The van der Waals surface area contributed by atoms with Gasteiger partial charge in [-0.05, 0) is 44.7 Å². The van der Waals surface area contributed by atoms with Crippen molar-refractivity contribution < 1.29 is 4.79 Å². The molecule has 0 aromatic carbocycles. The second-order valence-corrected chi connectivity index (χ2v) is 7.25. The van der Waals surface area contributed by atoms with Gasteiger partial charge in [0.05, 0.1) is 10.9 Å². The number of carbonyl (C=O) groups is 1. The zero-order chi connectivity index (χ0) is 15.4. The molecule has 4 nitrogen and oxygen atoms in total. The Bertz CT molecular complexity index is 372. The van der Waals surface area contributed by atoms with E-state index in [9.17, 15) is 4.79 Å². The summed E-state index contributed by atoms with van der Waals surface area (Å²) in [7, 11) is 0. The van der Waals surface area contributed by atoms with Crippen LogP contribution in [0.5, 0.6) is 0 Å². The third-order valence-corrected chi connectivity index (χ3v) is 5.18. The number of hydrogen-bond acceptors (Lipinski definition) is 3. The van der Waals surface area contributed by atoms with E-state index in [1.54, 1.807) is 0 Å². The highest BCUT2D eigenvalue weighted by Crippen LogP contribution is 2.23. The quantitative estimate of drug-likeness (QED) is 0.807. The molecule has 0 bridgehead atoms. The van der Waals surface area contributed by atoms with Crippen LogP contribution in [0.2, 0.25) is 0 Å². The van der Waals surface area contributed by atoms with E-state index in [4.69, 9.17) is 18.0 Å². The highest BCUT2D eigenvalue weighted by molar-refractivity contribution is 7.80. The van der Waals surface area contributed by atoms with Crippen molar-refractivity contribution in [3.8, 4) is 0 Å². The minimum Gasteiger partial charge on any atom is -0.393 e. The van der Waals surface area contributed by atoms with Crippen molar-refractivity contribution in [2.75, 3.05) is 26.2 Å². The molecule has 21 heavy (non-hydrogen) atoms. The Kier molecular flexibility index (Phi) is 5.99. The fourth-order valence-corrected chi connectivity index (χ4v) is 4.04.